The quantitative estimate of drug-likeness (QED) is 0.430. The van der Waals surface area contributed by atoms with Gasteiger partial charge < -0.3 is 4.43 Å². The van der Waals surface area contributed by atoms with Gasteiger partial charge in [-0.1, -0.05) is 48.5 Å². The summed E-state index contributed by atoms with van der Waals surface area (Å²) >= 11 is 1.59. The second kappa shape index (κ2) is 8.36. The van der Waals surface area contributed by atoms with Crippen LogP contribution in [0.2, 0.25) is 16.6 Å². The van der Waals surface area contributed by atoms with E-state index in [9.17, 15) is 9.59 Å². The molecular formula is C20H33NO3SSi. The highest BCUT2D eigenvalue weighted by Crippen LogP contribution is 2.48. The third-order valence-corrected chi connectivity index (χ3v) is 12.5. The largest absolute Gasteiger partial charge is 0.402 e. The molecule has 2 rings (SSSR count). The molecule has 0 N–H and O–H groups in total. The molecule has 4 nitrogen and oxygen atoms in total. The van der Waals surface area contributed by atoms with E-state index in [-0.39, 0.29) is 17.9 Å². The molecule has 0 unspecified atom stereocenters. The van der Waals surface area contributed by atoms with Gasteiger partial charge in [-0.2, -0.15) is 11.3 Å². The molecule has 146 valence electrons. The molecule has 1 saturated heterocycles. The molecule has 0 aromatic carbocycles. The van der Waals surface area contributed by atoms with E-state index in [1.54, 1.807) is 11.3 Å². The lowest BCUT2D eigenvalue weighted by Gasteiger charge is -2.52. The zero-order valence-corrected chi connectivity index (χ0v) is 18.9. The molecule has 0 aliphatic carbocycles. The third kappa shape index (κ3) is 3.56. The van der Waals surface area contributed by atoms with Crippen molar-refractivity contribution in [3.63, 3.8) is 0 Å². The maximum Gasteiger partial charge on any atom is 0.260 e. The number of carbonyl (C=O) groups excluding carboxylic acids is 2. The van der Waals surface area contributed by atoms with Crippen molar-refractivity contribution in [2.24, 2.45) is 0 Å². The van der Waals surface area contributed by atoms with Gasteiger partial charge in [0.1, 0.15) is 0 Å². The van der Waals surface area contributed by atoms with Crippen LogP contribution in [0.1, 0.15) is 72.9 Å². The Labute approximate surface area is 163 Å². The van der Waals surface area contributed by atoms with Gasteiger partial charge >= 0.3 is 0 Å². The van der Waals surface area contributed by atoms with Gasteiger partial charge in [0, 0.05) is 6.42 Å². The van der Waals surface area contributed by atoms with Crippen LogP contribution in [-0.2, 0) is 14.0 Å². The first-order chi connectivity index (χ1) is 12.2. The van der Waals surface area contributed by atoms with Crippen LogP contribution < -0.4 is 0 Å². The molecule has 26 heavy (non-hydrogen) atoms. The smallest absolute Gasteiger partial charge is 0.260 e. The van der Waals surface area contributed by atoms with Gasteiger partial charge in [-0.25, -0.2) is 0 Å². The highest BCUT2D eigenvalue weighted by Gasteiger charge is 2.57. The Morgan fingerprint density at radius 3 is 2.19 bits per heavy atom. The van der Waals surface area contributed by atoms with E-state index in [2.05, 4.69) is 41.5 Å². The van der Waals surface area contributed by atoms with Crippen LogP contribution in [-0.4, -0.2) is 31.1 Å². The summed E-state index contributed by atoms with van der Waals surface area (Å²) in [6, 6.07) is 1.74. The zero-order valence-electron chi connectivity index (χ0n) is 17.1. The average Bonchev–Trinajstić information content (AvgIpc) is 3.05. The summed E-state index contributed by atoms with van der Waals surface area (Å²) in [4.78, 5) is 26.9. The van der Waals surface area contributed by atoms with Crippen molar-refractivity contribution in [3.05, 3.63) is 22.4 Å². The number of hydrogen-bond acceptors (Lipinski definition) is 4. The fraction of sp³-hybridized carbons (Fsp3) is 0.700. The predicted molar refractivity (Wildman–Crippen MR) is 110 cm³/mol. The molecule has 1 aliphatic heterocycles. The number of likely N-dealkylation sites (tertiary alicyclic amines) is 1. The first-order valence-corrected chi connectivity index (χ1v) is 12.8. The van der Waals surface area contributed by atoms with E-state index in [1.165, 1.54) is 4.90 Å². The van der Waals surface area contributed by atoms with Crippen molar-refractivity contribution < 1.29 is 14.0 Å². The van der Waals surface area contributed by atoms with E-state index in [4.69, 9.17) is 4.43 Å². The van der Waals surface area contributed by atoms with Gasteiger partial charge in [0.05, 0.1) is 6.04 Å². The Kier molecular flexibility index (Phi) is 6.85. The number of β-lactam (4-membered cyclic amide) rings is 1. The van der Waals surface area contributed by atoms with Gasteiger partial charge in [0.2, 0.25) is 14.2 Å². The van der Waals surface area contributed by atoms with Gasteiger partial charge in [-0.3, -0.25) is 14.5 Å². The van der Waals surface area contributed by atoms with Crippen LogP contribution in [0.25, 0.3) is 0 Å². The number of amides is 2. The number of rotatable bonds is 8. The van der Waals surface area contributed by atoms with E-state index < -0.39 is 14.4 Å². The average molecular weight is 396 g/mol. The molecule has 1 aliphatic rings. The number of nitrogens with zero attached hydrogens (tertiary/aromatic N) is 1. The van der Waals surface area contributed by atoms with Crippen molar-refractivity contribution in [2.45, 2.75) is 90.1 Å². The van der Waals surface area contributed by atoms with Crippen molar-refractivity contribution in [1.29, 1.82) is 0 Å². The van der Waals surface area contributed by atoms with Crippen LogP contribution >= 0.6 is 11.3 Å². The Hall–Kier alpha value is -0.983. The summed E-state index contributed by atoms with van der Waals surface area (Å²) in [6.07, 6.45) is 0.622. The van der Waals surface area contributed by atoms with Gasteiger partial charge in [-0.15, -0.1) is 0 Å². The standard InChI is InChI=1S/C20H33NO3SSi/c1-8-9-17(22)21-18(16-10-11-25-12-16)19(20(21)23)24-26(13(2)3,14(4)5)15(6)7/h10-15,18-19H,8-9H2,1-7H3/t18-,19+/m0/s1. The first kappa shape index (κ1) is 21.3. The number of carbonyl (C=O) groups is 2. The van der Waals surface area contributed by atoms with E-state index in [1.807, 2.05) is 23.8 Å². The molecule has 1 aromatic rings. The summed E-state index contributed by atoms with van der Waals surface area (Å²) in [5.41, 5.74) is 2.22. The molecule has 0 radical (unpaired) electrons. The molecule has 2 heterocycles. The Morgan fingerprint density at radius 2 is 1.77 bits per heavy atom. The normalized spacial score (nSPS) is 21.0. The summed E-state index contributed by atoms with van der Waals surface area (Å²) in [5, 5.41) is 4.03. The minimum absolute atomic E-state index is 0.0838. The number of imide groups is 1. The second-order valence-corrected chi connectivity index (χ2v) is 14.4. The Bertz CT molecular complexity index is 605. The maximum absolute atomic E-state index is 12.9. The highest BCUT2D eigenvalue weighted by molar-refractivity contribution is 7.08. The monoisotopic (exact) mass is 395 g/mol. The van der Waals surface area contributed by atoms with Crippen LogP contribution in [0.5, 0.6) is 0 Å². The lowest BCUT2D eigenvalue weighted by Crippen LogP contribution is -2.66. The van der Waals surface area contributed by atoms with E-state index in [0.29, 0.717) is 23.0 Å². The lowest BCUT2D eigenvalue weighted by molar-refractivity contribution is -0.173. The van der Waals surface area contributed by atoms with Crippen molar-refractivity contribution in [2.75, 3.05) is 0 Å². The molecule has 1 fully saturated rings. The second-order valence-electron chi connectivity index (χ2n) is 8.21. The summed E-state index contributed by atoms with van der Waals surface area (Å²) in [6.45, 7) is 15.3. The Morgan fingerprint density at radius 1 is 1.19 bits per heavy atom. The fourth-order valence-corrected chi connectivity index (χ4v) is 10.8. The summed E-state index contributed by atoms with van der Waals surface area (Å²) < 4.78 is 6.77. The third-order valence-electron chi connectivity index (χ3n) is 5.70. The maximum atomic E-state index is 12.9. The van der Waals surface area contributed by atoms with E-state index >= 15 is 0 Å². The summed E-state index contributed by atoms with van der Waals surface area (Å²) in [7, 11) is -2.19. The molecule has 0 saturated carbocycles. The molecule has 6 heteroatoms. The van der Waals surface area contributed by atoms with Crippen molar-refractivity contribution >= 4 is 31.5 Å². The topological polar surface area (TPSA) is 46.6 Å². The number of thiophene rings is 1. The summed E-state index contributed by atoms with van der Waals surface area (Å²) in [5.74, 6) is -0.238. The highest BCUT2D eigenvalue weighted by atomic mass is 32.1. The van der Waals surface area contributed by atoms with Crippen LogP contribution in [0, 0.1) is 0 Å². The van der Waals surface area contributed by atoms with Crippen molar-refractivity contribution in [1.82, 2.24) is 4.90 Å². The molecule has 0 spiro atoms. The van der Waals surface area contributed by atoms with Crippen LogP contribution in [0.4, 0.5) is 0 Å². The fourth-order valence-electron chi connectivity index (χ4n) is 4.58. The van der Waals surface area contributed by atoms with E-state index in [0.717, 1.165) is 12.0 Å². The minimum Gasteiger partial charge on any atom is -0.402 e. The zero-order chi connectivity index (χ0) is 19.6. The van der Waals surface area contributed by atoms with Crippen molar-refractivity contribution in [3.8, 4) is 0 Å². The Balaban J connectivity index is 2.37. The van der Waals surface area contributed by atoms with Crippen LogP contribution in [0.15, 0.2) is 16.8 Å². The molecule has 0 bridgehead atoms. The van der Waals surface area contributed by atoms with Gasteiger partial charge in [0.25, 0.3) is 5.91 Å². The lowest BCUT2D eigenvalue weighted by atomic mass is 9.92. The van der Waals surface area contributed by atoms with Gasteiger partial charge in [0.15, 0.2) is 6.10 Å². The number of hydrogen-bond donors (Lipinski definition) is 0. The molecule has 1 aromatic heterocycles. The first-order valence-electron chi connectivity index (χ1n) is 9.74. The van der Waals surface area contributed by atoms with Crippen LogP contribution in [0.3, 0.4) is 0 Å². The minimum atomic E-state index is -2.19. The molecular weight excluding hydrogens is 362 g/mol. The molecule has 2 atom stereocenters. The van der Waals surface area contributed by atoms with Gasteiger partial charge in [-0.05, 0) is 45.4 Å². The SMILES string of the molecule is CCCC(=O)N1C(=O)[C@H](O[Si](C(C)C)(C(C)C)C(C)C)[C@@H]1c1ccsc1. The predicted octanol–water partition coefficient (Wildman–Crippen LogP) is 5.52. The molecule has 2 amide bonds.